The van der Waals surface area contributed by atoms with E-state index in [0.29, 0.717) is 17.2 Å². The van der Waals surface area contributed by atoms with Crippen molar-refractivity contribution in [2.75, 3.05) is 0 Å². The third kappa shape index (κ3) is 2.12. The van der Waals surface area contributed by atoms with Crippen LogP contribution in [0.5, 0.6) is 0 Å². The molecule has 0 aliphatic rings. The van der Waals surface area contributed by atoms with Gasteiger partial charge >= 0.3 is 0 Å². The molecule has 6 nitrogen and oxygen atoms in total. The Morgan fingerprint density at radius 1 is 1.20 bits per heavy atom. The second-order valence-electron chi connectivity index (χ2n) is 4.28. The first-order chi connectivity index (χ1) is 9.78. The number of aryl methyl sites for hydroxylation is 1. The van der Waals surface area contributed by atoms with E-state index in [9.17, 15) is 0 Å². The van der Waals surface area contributed by atoms with E-state index in [0.717, 1.165) is 11.1 Å². The zero-order valence-electron chi connectivity index (χ0n) is 10.7. The van der Waals surface area contributed by atoms with Crippen LogP contribution in [0.25, 0.3) is 17.2 Å². The lowest BCUT2D eigenvalue weighted by Crippen LogP contribution is -2.03. The molecule has 0 atom stereocenters. The molecule has 0 radical (unpaired) electrons. The summed E-state index contributed by atoms with van der Waals surface area (Å²) in [5.41, 5.74) is 2.47. The summed E-state index contributed by atoms with van der Waals surface area (Å²) >= 11 is 0. The highest BCUT2D eigenvalue weighted by Crippen LogP contribution is 2.19. The Kier molecular flexibility index (Phi) is 2.94. The zero-order valence-corrected chi connectivity index (χ0v) is 10.7. The largest absolute Gasteiger partial charge is 0.215 e. The van der Waals surface area contributed by atoms with E-state index < -0.39 is 0 Å². The molecule has 3 rings (SSSR count). The summed E-state index contributed by atoms with van der Waals surface area (Å²) in [6.45, 7) is 1.94. The van der Waals surface area contributed by atoms with Gasteiger partial charge in [0, 0.05) is 5.56 Å². The van der Waals surface area contributed by atoms with Gasteiger partial charge in [-0.2, -0.15) is 20.1 Å². The summed E-state index contributed by atoms with van der Waals surface area (Å²) in [5.74, 6) is 1.27. The molecule has 0 aliphatic heterocycles. The van der Waals surface area contributed by atoms with Crippen LogP contribution in [0.1, 0.15) is 11.1 Å². The third-order valence-electron chi connectivity index (χ3n) is 2.82. The highest BCUT2D eigenvalue weighted by molar-refractivity contribution is 5.58. The van der Waals surface area contributed by atoms with Crippen LogP contribution in [0.15, 0.2) is 42.9 Å². The van der Waals surface area contributed by atoms with Crippen LogP contribution in [-0.2, 0) is 0 Å². The molecule has 0 N–H and O–H groups in total. The maximum atomic E-state index is 8.82. The van der Waals surface area contributed by atoms with Gasteiger partial charge in [0.1, 0.15) is 6.33 Å². The Balaban J connectivity index is 2.08. The third-order valence-corrected chi connectivity index (χ3v) is 2.82. The molecule has 0 unspecified atom stereocenters. The van der Waals surface area contributed by atoms with Crippen molar-refractivity contribution >= 4 is 0 Å². The van der Waals surface area contributed by atoms with Crippen molar-refractivity contribution < 1.29 is 0 Å². The fourth-order valence-electron chi connectivity index (χ4n) is 1.85. The van der Waals surface area contributed by atoms with Gasteiger partial charge in [0.2, 0.25) is 0 Å². The van der Waals surface area contributed by atoms with E-state index in [1.807, 2.05) is 25.1 Å². The molecule has 3 aromatic rings. The molecule has 1 aromatic carbocycles. The molecule has 0 aliphatic carbocycles. The minimum Gasteiger partial charge on any atom is -0.215 e. The highest BCUT2D eigenvalue weighted by Gasteiger charge is 2.10. The second kappa shape index (κ2) is 4.90. The molecule has 0 saturated heterocycles. The summed E-state index contributed by atoms with van der Waals surface area (Å²) < 4.78 is 1.63. The van der Waals surface area contributed by atoms with Crippen LogP contribution in [0.3, 0.4) is 0 Å². The van der Waals surface area contributed by atoms with E-state index in [1.165, 1.54) is 6.33 Å². The average molecular weight is 262 g/mol. The van der Waals surface area contributed by atoms with Gasteiger partial charge in [-0.15, -0.1) is 5.10 Å². The highest BCUT2D eigenvalue weighted by atomic mass is 15.4. The maximum Gasteiger partial charge on any atom is 0.178 e. The quantitative estimate of drug-likeness (QED) is 0.704. The number of rotatable bonds is 2. The van der Waals surface area contributed by atoms with E-state index in [4.69, 9.17) is 5.26 Å². The van der Waals surface area contributed by atoms with E-state index in [2.05, 4.69) is 26.3 Å². The lowest BCUT2D eigenvalue weighted by Gasteiger charge is -2.05. The summed E-state index contributed by atoms with van der Waals surface area (Å²) in [6, 6.07) is 11.1. The second-order valence-corrected chi connectivity index (χ2v) is 4.28. The molecule has 2 aromatic heterocycles. The molecule has 6 heteroatoms. The molecule has 20 heavy (non-hydrogen) atoms. The summed E-state index contributed by atoms with van der Waals surface area (Å²) in [7, 11) is 0. The fraction of sp³-hybridized carbons (Fsp3) is 0.0714. The standard InChI is InChI=1S/C14H10N6/c1-10-6-13(19-17-8-10)20-14(16-9-18-20)12-4-2-11(7-15)3-5-12/h2-6,8-9H,1H3. The molecule has 0 spiro atoms. The van der Waals surface area contributed by atoms with E-state index in [-0.39, 0.29) is 0 Å². The van der Waals surface area contributed by atoms with E-state index in [1.54, 1.807) is 23.0 Å². The van der Waals surface area contributed by atoms with Gasteiger partial charge in [-0.25, -0.2) is 4.98 Å². The number of hydrogen-bond donors (Lipinski definition) is 0. The van der Waals surface area contributed by atoms with Crippen LogP contribution < -0.4 is 0 Å². The van der Waals surface area contributed by atoms with Crippen molar-refractivity contribution in [2.24, 2.45) is 0 Å². The Labute approximate surface area is 115 Å². The predicted octanol–water partition coefficient (Wildman–Crippen LogP) is 1.90. The van der Waals surface area contributed by atoms with Crippen LogP contribution >= 0.6 is 0 Å². The molecule has 0 saturated carbocycles. The molecule has 0 fully saturated rings. The Morgan fingerprint density at radius 2 is 2.00 bits per heavy atom. The van der Waals surface area contributed by atoms with Crippen molar-refractivity contribution in [2.45, 2.75) is 6.92 Å². The van der Waals surface area contributed by atoms with Gasteiger partial charge in [0.15, 0.2) is 11.6 Å². The van der Waals surface area contributed by atoms with Gasteiger partial charge in [-0.1, -0.05) is 0 Å². The lowest BCUT2D eigenvalue weighted by molar-refractivity contribution is 0.815. The number of hydrogen-bond acceptors (Lipinski definition) is 5. The van der Waals surface area contributed by atoms with Crippen molar-refractivity contribution in [3.63, 3.8) is 0 Å². The maximum absolute atomic E-state index is 8.82. The monoisotopic (exact) mass is 262 g/mol. The average Bonchev–Trinajstić information content (AvgIpc) is 2.97. The molecular weight excluding hydrogens is 252 g/mol. The van der Waals surface area contributed by atoms with Crippen molar-refractivity contribution in [1.82, 2.24) is 25.0 Å². The first-order valence-corrected chi connectivity index (χ1v) is 5.98. The fourth-order valence-corrected chi connectivity index (χ4v) is 1.85. The molecule has 2 heterocycles. The van der Waals surface area contributed by atoms with Crippen molar-refractivity contribution in [3.05, 3.63) is 54.0 Å². The summed E-state index contributed by atoms with van der Waals surface area (Å²) in [4.78, 5) is 4.25. The lowest BCUT2D eigenvalue weighted by atomic mass is 10.1. The number of nitriles is 1. The van der Waals surface area contributed by atoms with E-state index >= 15 is 0 Å². The van der Waals surface area contributed by atoms with Gasteiger partial charge in [0.25, 0.3) is 0 Å². The van der Waals surface area contributed by atoms with Crippen molar-refractivity contribution in [3.8, 4) is 23.3 Å². The normalized spacial score (nSPS) is 10.2. The molecule has 0 amide bonds. The van der Waals surface area contributed by atoms with Crippen molar-refractivity contribution in [1.29, 1.82) is 5.26 Å². The zero-order chi connectivity index (χ0) is 13.9. The smallest absolute Gasteiger partial charge is 0.178 e. The van der Waals surface area contributed by atoms with Crippen LogP contribution in [0.2, 0.25) is 0 Å². The molecule has 0 bridgehead atoms. The van der Waals surface area contributed by atoms with Crippen LogP contribution in [-0.4, -0.2) is 25.0 Å². The number of nitrogens with zero attached hydrogens (tertiary/aromatic N) is 6. The van der Waals surface area contributed by atoms with Crippen LogP contribution in [0, 0.1) is 18.3 Å². The number of benzene rings is 1. The minimum atomic E-state index is 0.607. The SMILES string of the molecule is Cc1cnnc(-n2ncnc2-c2ccc(C#N)cc2)c1. The summed E-state index contributed by atoms with van der Waals surface area (Å²) in [6.07, 6.45) is 3.15. The molecular formula is C14H10N6. The predicted molar refractivity (Wildman–Crippen MR) is 71.8 cm³/mol. The summed E-state index contributed by atoms with van der Waals surface area (Å²) in [5, 5.41) is 21.0. The molecule has 96 valence electrons. The topological polar surface area (TPSA) is 80.3 Å². The van der Waals surface area contributed by atoms with Gasteiger partial charge in [0.05, 0.1) is 17.8 Å². The van der Waals surface area contributed by atoms with Gasteiger partial charge in [-0.3, -0.25) is 0 Å². The first kappa shape index (κ1) is 12.0. The Hall–Kier alpha value is -3.07. The number of aromatic nitrogens is 5. The first-order valence-electron chi connectivity index (χ1n) is 5.98. The minimum absolute atomic E-state index is 0.607. The van der Waals surface area contributed by atoms with Gasteiger partial charge in [-0.05, 0) is 42.8 Å². The Bertz CT molecular complexity index is 782. The van der Waals surface area contributed by atoms with Gasteiger partial charge < -0.3 is 0 Å². The van der Waals surface area contributed by atoms with Crippen LogP contribution in [0.4, 0.5) is 0 Å². The Morgan fingerprint density at radius 3 is 2.70 bits per heavy atom.